The van der Waals surface area contributed by atoms with Gasteiger partial charge in [-0.05, 0) is 52.8 Å². The predicted molar refractivity (Wildman–Crippen MR) is 121 cm³/mol. The minimum atomic E-state index is -0.473. The van der Waals surface area contributed by atoms with E-state index in [1.807, 2.05) is 60.6 Å². The number of carbonyl (C=O) groups is 3. The second-order valence-electron chi connectivity index (χ2n) is 9.58. The van der Waals surface area contributed by atoms with Gasteiger partial charge in [-0.2, -0.15) is 0 Å². The zero-order chi connectivity index (χ0) is 22.9. The highest BCUT2D eigenvalue weighted by atomic mass is 32.2. The van der Waals surface area contributed by atoms with Crippen molar-refractivity contribution in [1.29, 1.82) is 0 Å². The van der Waals surface area contributed by atoms with Crippen molar-refractivity contribution in [2.75, 3.05) is 13.1 Å². The number of thioether (sulfide) groups is 1. The van der Waals surface area contributed by atoms with Crippen molar-refractivity contribution in [2.24, 2.45) is 0 Å². The van der Waals surface area contributed by atoms with Crippen LogP contribution in [0.2, 0.25) is 0 Å². The molecule has 1 aromatic rings. The van der Waals surface area contributed by atoms with Crippen LogP contribution >= 0.6 is 11.8 Å². The Morgan fingerprint density at radius 2 is 1.63 bits per heavy atom. The molecule has 1 aliphatic heterocycles. The molecule has 0 aromatic heterocycles. The van der Waals surface area contributed by atoms with Gasteiger partial charge in [-0.1, -0.05) is 48.5 Å². The topological polar surface area (TPSA) is 86.7 Å². The standard InChI is InChI=1S/C23H32N2O4S/c1-8-9-24-18(26)13-25-20(28)17(30-21(25)29)12-14-10-15(22(2,3)4)19(27)16(11-14)23(5,6)7/h10-12,27H,8-9,13H2,1-7H3,(H,24,26)/b17-12-. The Morgan fingerprint density at radius 3 is 2.10 bits per heavy atom. The Bertz CT molecular complexity index is 856. The average Bonchev–Trinajstić information content (AvgIpc) is 2.86. The molecule has 30 heavy (non-hydrogen) atoms. The monoisotopic (exact) mass is 432 g/mol. The van der Waals surface area contributed by atoms with Gasteiger partial charge in [0, 0.05) is 17.7 Å². The third-order valence-corrected chi connectivity index (χ3v) is 5.70. The summed E-state index contributed by atoms with van der Waals surface area (Å²) in [7, 11) is 0. The first kappa shape index (κ1) is 24.0. The van der Waals surface area contributed by atoms with Gasteiger partial charge in [-0.3, -0.25) is 19.3 Å². The molecule has 0 spiro atoms. The zero-order valence-corrected chi connectivity index (χ0v) is 19.7. The molecule has 0 saturated carbocycles. The van der Waals surface area contributed by atoms with Crippen molar-refractivity contribution in [3.05, 3.63) is 33.7 Å². The highest BCUT2D eigenvalue weighted by Gasteiger charge is 2.36. The Kier molecular flexibility index (Phi) is 7.07. The average molecular weight is 433 g/mol. The summed E-state index contributed by atoms with van der Waals surface area (Å²) in [6, 6.07) is 3.71. The lowest BCUT2D eigenvalue weighted by Crippen LogP contribution is -2.39. The van der Waals surface area contributed by atoms with E-state index in [-0.39, 0.29) is 33.9 Å². The van der Waals surface area contributed by atoms with Gasteiger partial charge in [0.25, 0.3) is 11.1 Å². The molecule has 1 aliphatic rings. The van der Waals surface area contributed by atoms with Crippen LogP contribution in [0.15, 0.2) is 17.0 Å². The summed E-state index contributed by atoms with van der Waals surface area (Å²) in [4.78, 5) is 38.2. The summed E-state index contributed by atoms with van der Waals surface area (Å²) in [5.41, 5.74) is 1.69. The van der Waals surface area contributed by atoms with Crippen LogP contribution in [-0.2, 0) is 20.4 Å². The highest BCUT2D eigenvalue weighted by molar-refractivity contribution is 8.18. The minimum Gasteiger partial charge on any atom is -0.507 e. The van der Waals surface area contributed by atoms with Crippen molar-refractivity contribution in [3.63, 3.8) is 0 Å². The van der Waals surface area contributed by atoms with E-state index in [1.165, 1.54) is 0 Å². The quantitative estimate of drug-likeness (QED) is 0.667. The molecule has 1 heterocycles. The van der Waals surface area contributed by atoms with Crippen molar-refractivity contribution in [3.8, 4) is 5.75 Å². The fourth-order valence-corrected chi connectivity index (χ4v) is 3.97. The SMILES string of the molecule is CCCNC(=O)CN1C(=O)S/C(=C\c2cc(C(C)(C)C)c(O)c(C(C)(C)C)c2)C1=O. The summed E-state index contributed by atoms with van der Waals surface area (Å²) in [5.74, 6) is -0.567. The van der Waals surface area contributed by atoms with E-state index in [4.69, 9.17) is 0 Å². The number of rotatable bonds is 5. The predicted octanol–water partition coefficient (Wildman–Crippen LogP) is 4.55. The molecule has 2 rings (SSSR count). The number of phenols is 1. The number of imide groups is 1. The molecule has 0 atom stereocenters. The Labute approximate surface area is 183 Å². The number of amides is 3. The zero-order valence-electron chi connectivity index (χ0n) is 18.9. The lowest BCUT2D eigenvalue weighted by molar-refractivity contribution is -0.129. The smallest absolute Gasteiger partial charge is 0.294 e. The maximum atomic E-state index is 12.7. The summed E-state index contributed by atoms with van der Waals surface area (Å²) >= 11 is 0.829. The van der Waals surface area contributed by atoms with Gasteiger partial charge in [0.15, 0.2) is 0 Å². The molecule has 2 N–H and O–H groups in total. The molecular formula is C23H32N2O4S. The van der Waals surface area contributed by atoms with E-state index in [1.54, 1.807) is 6.08 Å². The van der Waals surface area contributed by atoms with Crippen molar-refractivity contribution in [2.45, 2.75) is 65.7 Å². The van der Waals surface area contributed by atoms with Gasteiger partial charge >= 0.3 is 0 Å². The van der Waals surface area contributed by atoms with Crippen LogP contribution in [0, 0.1) is 0 Å². The molecule has 1 aromatic carbocycles. The second-order valence-corrected chi connectivity index (χ2v) is 10.6. The van der Waals surface area contributed by atoms with Crippen LogP contribution in [0.5, 0.6) is 5.75 Å². The third kappa shape index (κ3) is 5.45. The number of phenolic OH excluding ortho intramolecular Hbond substituents is 1. The lowest BCUT2D eigenvalue weighted by Gasteiger charge is -2.28. The van der Waals surface area contributed by atoms with E-state index >= 15 is 0 Å². The Hall–Kier alpha value is -2.28. The van der Waals surface area contributed by atoms with Gasteiger partial charge in [0.05, 0.1) is 4.91 Å². The second kappa shape index (κ2) is 8.84. The number of hydrogen-bond donors (Lipinski definition) is 2. The summed E-state index contributed by atoms with van der Waals surface area (Å²) < 4.78 is 0. The lowest BCUT2D eigenvalue weighted by atomic mass is 9.78. The molecule has 0 radical (unpaired) electrons. The largest absolute Gasteiger partial charge is 0.507 e. The van der Waals surface area contributed by atoms with Crippen molar-refractivity contribution >= 4 is 34.9 Å². The van der Waals surface area contributed by atoms with E-state index in [2.05, 4.69) is 5.32 Å². The van der Waals surface area contributed by atoms with Crippen molar-refractivity contribution < 1.29 is 19.5 Å². The van der Waals surface area contributed by atoms with Gasteiger partial charge in [0.1, 0.15) is 12.3 Å². The first-order chi connectivity index (χ1) is 13.8. The molecule has 1 fully saturated rings. The van der Waals surface area contributed by atoms with Crippen LogP contribution in [0.25, 0.3) is 6.08 Å². The summed E-state index contributed by atoms with van der Waals surface area (Å²) in [5, 5.41) is 13.1. The number of benzene rings is 1. The molecule has 0 aliphatic carbocycles. The van der Waals surface area contributed by atoms with E-state index in [0.29, 0.717) is 6.54 Å². The summed E-state index contributed by atoms with van der Waals surface area (Å²) in [6.07, 6.45) is 2.44. The highest BCUT2D eigenvalue weighted by Crippen LogP contribution is 2.41. The maximum absolute atomic E-state index is 12.7. The molecule has 0 unspecified atom stereocenters. The normalized spacial score (nSPS) is 16.5. The van der Waals surface area contributed by atoms with Crippen LogP contribution in [0.4, 0.5) is 4.79 Å². The molecule has 1 saturated heterocycles. The Balaban J connectivity index is 2.42. The van der Waals surface area contributed by atoms with Gasteiger partial charge < -0.3 is 10.4 Å². The number of nitrogens with one attached hydrogen (secondary N) is 1. The minimum absolute atomic E-state index is 0.257. The number of nitrogens with zero attached hydrogens (tertiary/aromatic N) is 1. The van der Waals surface area contributed by atoms with E-state index in [0.717, 1.165) is 39.8 Å². The number of aromatic hydroxyl groups is 1. The molecule has 164 valence electrons. The van der Waals surface area contributed by atoms with Crippen LogP contribution in [0.3, 0.4) is 0 Å². The first-order valence-corrected chi connectivity index (χ1v) is 11.0. The molecule has 0 bridgehead atoms. The first-order valence-electron chi connectivity index (χ1n) is 10.2. The van der Waals surface area contributed by atoms with Crippen molar-refractivity contribution in [1.82, 2.24) is 10.2 Å². The van der Waals surface area contributed by atoms with Gasteiger partial charge in [-0.25, -0.2) is 0 Å². The van der Waals surface area contributed by atoms with E-state index < -0.39 is 11.1 Å². The number of hydrogen-bond acceptors (Lipinski definition) is 5. The van der Waals surface area contributed by atoms with Crippen LogP contribution < -0.4 is 5.32 Å². The third-order valence-electron chi connectivity index (χ3n) is 4.79. The van der Waals surface area contributed by atoms with Gasteiger partial charge in [-0.15, -0.1) is 0 Å². The molecule has 6 nitrogen and oxygen atoms in total. The molecule has 3 amide bonds. The number of carbonyl (C=O) groups excluding carboxylic acids is 3. The molecule has 7 heteroatoms. The fraction of sp³-hybridized carbons (Fsp3) is 0.522. The molecular weight excluding hydrogens is 400 g/mol. The van der Waals surface area contributed by atoms with E-state index in [9.17, 15) is 19.5 Å². The summed E-state index contributed by atoms with van der Waals surface area (Å²) in [6.45, 7) is 14.2. The Morgan fingerprint density at radius 1 is 1.10 bits per heavy atom. The van der Waals surface area contributed by atoms with Crippen LogP contribution in [0.1, 0.15) is 71.6 Å². The van der Waals surface area contributed by atoms with Gasteiger partial charge in [0.2, 0.25) is 5.91 Å². The maximum Gasteiger partial charge on any atom is 0.294 e. The van der Waals surface area contributed by atoms with Crippen LogP contribution in [-0.4, -0.2) is 40.1 Å². The fourth-order valence-electron chi connectivity index (χ4n) is 3.14.